The van der Waals surface area contributed by atoms with E-state index in [1.165, 1.54) is 11.5 Å². The van der Waals surface area contributed by atoms with Gasteiger partial charge in [0.15, 0.2) is 0 Å². The van der Waals surface area contributed by atoms with Crippen molar-refractivity contribution in [2.24, 2.45) is 0 Å². The van der Waals surface area contributed by atoms with Crippen molar-refractivity contribution in [3.05, 3.63) is 0 Å². The molecule has 0 aromatic rings. The van der Waals surface area contributed by atoms with Crippen molar-refractivity contribution in [3.63, 3.8) is 0 Å². The minimum absolute atomic E-state index is 0.798. The SMILES string of the molecule is CSC(C)CSSCC(C)SC. The predicted octanol–water partition coefficient (Wildman–Crippen LogP) is 3.87. The van der Waals surface area contributed by atoms with Crippen molar-refractivity contribution in [1.29, 1.82) is 0 Å². The highest BCUT2D eigenvalue weighted by Crippen LogP contribution is 2.27. The molecule has 0 amide bonds. The molecule has 0 N–H and O–H groups in total. The predicted molar refractivity (Wildman–Crippen MR) is 70.9 cm³/mol. The lowest BCUT2D eigenvalue weighted by molar-refractivity contribution is 1.13. The van der Waals surface area contributed by atoms with Crippen LogP contribution < -0.4 is 0 Å². The average molecular weight is 242 g/mol. The van der Waals surface area contributed by atoms with E-state index in [2.05, 4.69) is 26.4 Å². The largest absolute Gasteiger partial charge is 0.161 e. The van der Waals surface area contributed by atoms with Gasteiger partial charge >= 0.3 is 0 Å². The highest BCUT2D eigenvalue weighted by molar-refractivity contribution is 8.76. The van der Waals surface area contributed by atoms with Crippen LogP contribution in [0.3, 0.4) is 0 Å². The van der Waals surface area contributed by atoms with Gasteiger partial charge in [-0.1, -0.05) is 35.4 Å². The fourth-order valence-corrected chi connectivity index (χ4v) is 4.82. The summed E-state index contributed by atoms with van der Waals surface area (Å²) >= 11 is 3.90. The summed E-state index contributed by atoms with van der Waals surface area (Å²) in [5.74, 6) is 2.54. The van der Waals surface area contributed by atoms with Crippen LogP contribution >= 0.6 is 45.1 Å². The van der Waals surface area contributed by atoms with Crippen molar-refractivity contribution in [2.75, 3.05) is 24.0 Å². The molecule has 2 unspecified atom stereocenters. The molecule has 0 saturated carbocycles. The highest BCUT2D eigenvalue weighted by Gasteiger charge is 2.02. The van der Waals surface area contributed by atoms with Gasteiger partial charge in [0.25, 0.3) is 0 Å². The van der Waals surface area contributed by atoms with Crippen LogP contribution in [0.4, 0.5) is 0 Å². The minimum atomic E-state index is 0.798. The lowest BCUT2D eigenvalue weighted by Gasteiger charge is -2.09. The lowest BCUT2D eigenvalue weighted by atomic mass is 10.6. The monoisotopic (exact) mass is 242 g/mol. The topological polar surface area (TPSA) is 0 Å². The molecule has 0 aliphatic rings. The fraction of sp³-hybridized carbons (Fsp3) is 1.00. The molecule has 0 fully saturated rings. The maximum atomic E-state index is 2.29. The molecule has 4 heteroatoms. The Labute approximate surface area is 93.2 Å². The van der Waals surface area contributed by atoms with Crippen LogP contribution in [-0.2, 0) is 0 Å². The summed E-state index contributed by atoms with van der Waals surface area (Å²) in [5, 5.41) is 1.60. The Hall–Kier alpha value is 1.40. The van der Waals surface area contributed by atoms with Crippen molar-refractivity contribution < 1.29 is 0 Å². The Morgan fingerprint density at radius 2 is 1.17 bits per heavy atom. The van der Waals surface area contributed by atoms with E-state index in [9.17, 15) is 0 Å². The van der Waals surface area contributed by atoms with E-state index >= 15 is 0 Å². The maximum Gasteiger partial charge on any atom is 0.0154 e. The normalized spacial score (nSPS) is 16.0. The van der Waals surface area contributed by atoms with Crippen molar-refractivity contribution in [1.82, 2.24) is 0 Å². The van der Waals surface area contributed by atoms with Crippen LogP contribution in [0.1, 0.15) is 13.8 Å². The Bertz CT molecular complexity index is 85.1. The van der Waals surface area contributed by atoms with Crippen LogP contribution in [0, 0.1) is 0 Å². The van der Waals surface area contributed by atoms with Gasteiger partial charge in [0.05, 0.1) is 0 Å². The van der Waals surface area contributed by atoms with E-state index in [1.807, 2.05) is 45.1 Å². The maximum absolute atomic E-state index is 2.29. The molecule has 0 aliphatic carbocycles. The first-order valence-electron chi connectivity index (χ1n) is 4.00. The summed E-state index contributed by atoms with van der Waals surface area (Å²) in [7, 11) is 4.02. The Kier molecular flexibility index (Phi) is 10.0. The standard InChI is InChI=1S/C8H18S4/c1-7(9-3)5-11-12-6-8(2)10-4/h7-8H,5-6H2,1-4H3. The van der Waals surface area contributed by atoms with E-state index in [0.29, 0.717) is 0 Å². The summed E-state index contributed by atoms with van der Waals surface area (Å²) < 4.78 is 0. The van der Waals surface area contributed by atoms with Gasteiger partial charge in [0.2, 0.25) is 0 Å². The first-order valence-corrected chi connectivity index (χ1v) is 9.07. The molecule has 0 spiro atoms. The number of hydrogen-bond donors (Lipinski definition) is 0. The average Bonchev–Trinajstić information content (AvgIpc) is 2.11. The Morgan fingerprint density at radius 3 is 1.42 bits per heavy atom. The molecule has 0 bridgehead atoms. The zero-order chi connectivity index (χ0) is 9.40. The summed E-state index contributed by atoms with van der Waals surface area (Å²) in [4.78, 5) is 0. The Balaban J connectivity index is 3.10. The van der Waals surface area contributed by atoms with E-state index < -0.39 is 0 Å². The molecule has 74 valence electrons. The zero-order valence-electron chi connectivity index (χ0n) is 8.20. The lowest BCUT2D eigenvalue weighted by Crippen LogP contribution is -2.00. The Morgan fingerprint density at radius 1 is 0.833 bits per heavy atom. The van der Waals surface area contributed by atoms with Crippen LogP contribution in [0.2, 0.25) is 0 Å². The van der Waals surface area contributed by atoms with Gasteiger partial charge in [0.1, 0.15) is 0 Å². The molecule has 0 saturated heterocycles. The second-order valence-corrected chi connectivity index (χ2v) is 7.77. The third-order valence-electron chi connectivity index (χ3n) is 1.49. The molecule has 0 aromatic carbocycles. The summed E-state index contributed by atoms with van der Waals surface area (Å²) in [5.41, 5.74) is 0. The quantitative estimate of drug-likeness (QED) is 0.491. The molecule has 0 rings (SSSR count). The van der Waals surface area contributed by atoms with Gasteiger partial charge in [-0.15, -0.1) is 0 Å². The molecule has 2 atom stereocenters. The second kappa shape index (κ2) is 8.97. The van der Waals surface area contributed by atoms with Crippen LogP contribution in [0.5, 0.6) is 0 Å². The second-order valence-electron chi connectivity index (χ2n) is 2.66. The van der Waals surface area contributed by atoms with Crippen molar-refractivity contribution in [3.8, 4) is 0 Å². The van der Waals surface area contributed by atoms with Gasteiger partial charge in [-0.2, -0.15) is 23.5 Å². The zero-order valence-corrected chi connectivity index (χ0v) is 11.5. The molecule has 0 nitrogen and oxygen atoms in total. The minimum Gasteiger partial charge on any atom is -0.161 e. The van der Waals surface area contributed by atoms with Gasteiger partial charge in [-0.25, -0.2) is 0 Å². The first kappa shape index (κ1) is 13.4. The van der Waals surface area contributed by atoms with E-state index in [1.54, 1.807) is 0 Å². The summed E-state index contributed by atoms with van der Waals surface area (Å²) in [6, 6.07) is 0. The van der Waals surface area contributed by atoms with Gasteiger partial charge in [-0.3, -0.25) is 0 Å². The molecular weight excluding hydrogens is 224 g/mol. The number of rotatable bonds is 7. The van der Waals surface area contributed by atoms with Gasteiger partial charge < -0.3 is 0 Å². The van der Waals surface area contributed by atoms with Gasteiger partial charge in [0, 0.05) is 22.0 Å². The molecular formula is C8H18S4. The number of thioether (sulfide) groups is 2. The smallest absolute Gasteiger partial charge is 0.0154 e. The first-order chi connectivity index (χ1) is 5.70. The van der Waals surface area contributed by atoms with Crippen LogP contribution in [0.25, 0.3) is 0 Å². The summed E-state index contributed by atoms with van der Waals surface area (Å²) in [6.45, 7) is 4.58. The van der Waals surface area contributed by atoms with E-state index in [0.717, 1.165) is 10.5 Å². The third kappa shape index (κ3) is 8.02. The van der Waals surface area contributed by atoms with Crippen LogP contribution in [0.15, 0.2) is 0 Å². The van der Waals surface area contributed by atoms with Crippen molar-refractivity contribution in [2.45, 2.75) is 24.3 Å². The van der Waals surface area contributed by atoms with E-state index in [-0.39, 0.29) is 0 Å². The fourth-order valence-electron chi connectivity index (χ4n) is 0.424. The number of hydrogen-bond acceptors (Lipinski definition) is 4. The van der Waals surface area contributed by atoms with E-state index in [4.69, 9.17) is 0 Å². The van der Waals surface area contributed by atoms with Crippen LogP contribution in [-0.4, -0.2) is 34.5 Å². The molecule has 12 heavy (non-hydrogen) atoms. The molecule has 0 radical (unpaired) electrons. The molecule has 0 aromatic heterocycles. The van der Waals surface area contributed by atoms with Crippen molar-refractivity contribution >= 4 is 45.1 Å². The molecule has 0 heterocycles. The highest BCUT2D eigenvalue weighted by atomic mass is 33.1. The molecule has 0 aliphatic heterocycles. The van der Waals surface area contributed by atoms with Gasteiger partial charge in [-0.05, 0) is 12.5 Å². The third-order valence-corrected chi connectivity index (χ3v) is 6.61. The summed E-state index contributed by atoms with van der Waals surface area (Å²) in [6.07, 6.45) is 4.36.